The molecule has 7 fully saturated rings. The molecule has 0 amide bonds. The van der Waals surface area contributed by atoms with Crippen LogP contribution in [0.4, 0.5) is 0 Å². The second-order valence-electron chi connectivity index (χ2n) is 18.9. The number of hydrogen-bond acceptors (Lipinski definition) is 0. The van der Waals surface area contributed by atoms with E-state index in [2.05, 4.69) is 135 Å². The molecular formula is C50H56. The summed E-state index contributed by atoms with van der Waals surface area (Å²) in [6.07, 6.45) is 8.70. The zero-order valence-corrected chi connectivity index (χ0v) is 30.2. The normalized spacial score (nSPS) is 46.5. The van der Waals surface area contributed by atoms with Crippen LogP contribution in [0, 0.1) is 82.9 Å². The molecule has 0 aromatic heterocycles. The minimum absolute atomic E-state index is 0.723. The van der Waals surface area contributed by atoms with Gasteiger partial charge >= 0.3 is 0 Å². The molecule has 0 N–H and O–H groups in total. The minimum atomic E-state index is 0.723. The largest absolute Gasteiger partial charge is 0.0622 e. The van der Waals surface area contributed by atoms with Gasteiger partial charge in [-0.15, -0.1) is 0 Å². The third-order valence-corrected chi connectivity index (χ3v) is 17.4. The van der Waals surface area contributed by atoms with Crippen molar-refractivity contribution in [3.8, 4) is 0 Å². The van der Waals surface area contributed by atoms with Gasteiger partial charge in [-0.2, -0.15) is 0 Å². The van der Waals surface area contributed by atoms with E-state index in [0.717, 1.165) is 107 Å². The highest BCUT2D eigenvalue weighted by molar-refractivity contribution is 5.33. The Bertz CT molecular complexity index is 1650. The van der Waals surface area contributed by atoms with Crippen LogP contribution in [0.3, 0.4) is 0 Å². The lowest BCUT2D eigenvalue weighted by molar-refractivity contribution is -0.183. The first kappa shape index (κ1) is 30.5. The van der Waals surface area contributed by atoms with Crippen molar-refractivity contribution in [3.63, 3.8) is 0 Å². The predicted octanol–water partition coefficient (Wildman–Crippen LogP) is 12.2. The van der Waals surface area contributed by atoms with E-state index >= 15 is 0 Å². The van der Waals surface area contributed by atoms with Crippen LogP contribution in [0.1, 0.15) is 98.3 Å². The van der Waals surface area contributed by atoms with Gasteiger partial charge < -0.3 is 0 Å². The van der Waals surface area contributed by atoms with Gasteiger partial charge in [-0.25, -0.2) is 0 Å². The number of fused-ring (bicyclic) bond motifs is 2. The van der Waals surface area contributed by atoms with Crippen molar-refractivity contribution in [3.05, 3.63) is 144 Å². The number of rotatable bonds is 4. The van der Waals surface area contributed by atoms with Crippen LogP contribution >= 0.6 is 0 Å². The minimum Gasteiger partial charge on any atom is -0.0622 e. The van der Waals surface area contributed by atoms with Gasteiger partial charge in [-0.05, 0) is 167 Å². The maximum absolute atomic E-state index is 2.68. The highest BCUT2D eigenvalue weighted by Gasteiger charge is 2.70. The molecule has 7 aliphatic rings. The first-order valence-corrected chi connectivity index (χ1v) is 20.9. The van der Waals surface area contributed by atoms with Gasteiger partial charge in [-0.3, -0.25) is 0 Å². The van der Waals surface area contributed by atoms with Crippen molar-refractivity contribution in [1.82, 2.24) is 0 Å². The highest BCUT2D eigenvalue weighted by atomic mass is 14.7. The molecule has 50 heavy (non-hydrogen) atoms. The van der Waals surface area contributed by atoms with Crippen molar-refractivity contribution in [2.45, 2.75) is 76.0 Å². The van der Waals surface area contributed by atoms with Gasteiger partial charge in [0.25, 0.3) is 0 Å². The molecule has 256 valence electrons. The molecule has 4 aromatic carbocycles. The fourth-order valence-electron chi connectivity index (χ4n) is 16.5. The lowest BCUT2D eigenvalue weighted by Crippen LogP contribution is -2.62. The number of hydrogen-bond donors (Lipinski definition) is 0. The summed E-state index contributed by atoms with van der Waals surface area (Å²) in [5.74, 6) is 15.0. The summed E-state index contributed by atoms with van der Waals surface area (Å²) in [4.78, 5) is 0. The second kappa shape index (κ2) is 11.7. The summed E-state index contributed by atoms with van der Waals surface area (Å²) >= 11 is 0. The quantitative estimate of drug-likeness (QED) is 0.205. The second-order valence-corrected chi connectivity index (χ2v) is 18.9. The molecular weight excluding hydrogens is 601 g/mol. The summed E-state index contributed by atoms with van der Waals surface area (Å²) in [6, 6.07) is 47.9. The molecule has 0 nitrogen and oxygen atoms in total. The average molecular weight is 657 g/mol. The van der Waals surface area contributed by atoms with E-state index in [1.54, 1.807) is 22.3 Å². The van der Waals surface area contributed by atoms with Crippen LogP contribution < -0.4 is 0 Å². The Labute approximate surface area is 301 Å². The topological polar surface area (TPSA) is 0 Å². The average Bonchev–Trinajstić information content (AvgIpc) is 3.71. The third kappa shape index (κ3) is 4.35. The molecule has 0 bridgehead atoms. The zero-order valence-electron chi connectivity index (χ0n) is 30.2. The molecule has 0 aliphatic heterocycles. The summed E-state index contributed by atoms with van der Waals surface area (Å²) in [6.45, 7) is 5.35. The van der Waals surface area contributed by atoms with Gasteiger partial charge in [0.2, 0.25) is 0 Å². The van der Waals surface area contributed by atoms with Crippen LogP contribution in [0.25, 0.3) is 0 Å². The highest BCUT2D eigenvalue weighted by Crippen LogP contribution is 2.77. The van der Waals surface area contributed by atoms with E-state index in [9.17, 15) is 0 Å². The zero-order chi connectivity index (χ0) is 33.1. The van der Waals surface area contributed by atoms with E-state index in [1.165, 1.54) is 38.5 Å². The van der Waals surface area contributed by atoms with Gasteiger partial charge in [0.05, 0.1) is 0 Å². The van der Waals surface area contributed by atoms with Gasteiger partial charge in [-0.1, -0.05) is 135 Å². The van der Waals surface area contributed by atoms with E-state index in [0.29, 0.717) is 0 Å². The molecule has 0 heteroatoms. The molecule has 11 rings (SSSR count). The van der Waals surface area contributed by atoms with Crippen molar-refractivity contribution >= 4 is 0 Å². The van der Waals surface area contributed by atoms with Crippen LogP contribution in [-0.2, 0) is 0 Å². The Hall–Kier alpha value is -3.12. The van der Waals surface area contributed by atoms with E-state index in [4.69, 9.17) is 0 Å². The van der Waals surface area contributed by atoms with Gasteiger partial charge in [0.1, 0.15) is 0 Å². The first-order chi connectivity index (χ1) is 24.7. The van der Waals surface area contributed by atoms with Gasteiger partial charge in [0.15, 0.2) is 0 Å². The first-order valence-electron chi connectivity index (χ1n) is 20.9. The molecule has 0 radical (unpaired) electrons. The Balaban J connectivity index is 1.10. The predicted molar refractivity (Wildman–Crippen MR) is 205 cm³/mol. The lowest BCUT2D eigenvalue weighted by atomic mass is 9.36. The molecule has 18 atom stereocenters. The summed E-state index contributed by atoms with van der Waals surface area (Å²) < 4.78 is 0. The van der Waals surface area contributed by atoms with E-state index < -0.39 is 0 Å². The maximum Gasteiger partial charge on any atom is -0.0125 e. The van der Waals surface area contributed by atoms with Crippen LogP contribution in [-0.4, -0.2) is 0 Å². The Kier molecular flexibility index (Phi) is 7.14. The van der Waals surface area contributed by atoms with Crippen molar-refractivity contribution in [2.75, 3.05) is 0 Å². The lowest BCUT2D eigenvalue weighted by Gasteiger charge is -2.68. The Morgan fingerprint density at radius 2 is 0.560 bits per heavy atom. The molecule has 0 spiro atoms. The molecule has 4 aromatic rings. The van der Waals surface area contributed by atoms with Gasteiger partial charge in [0, 0.05) is 0 Å². The standard InChI is InChI=1S/C50H56/c1-29-23-39-35(31-15-7-3-8-16-31)25-41-44-28-38(34-21-13-6-14-22-34)46-30(2)24-40-36(32-17-9-4-10-18-32)26-42(48(44)50(40)46)43-27-37(33-19-11-5-12-20-33)45(29)49(39)47(41)43/h3-22,29-30,35-50H,23-28H2,1-2H3. The monoisotopic (exact) mass is 656 g/mol. The van der Waals surface area contributed by atoms with E-state index in [-0.39, 0.29) is 0 Å². The van der Waals surface area contributed by atoms with Crippen LogP contribution in [0.2, 0.25) is 0 Å². The van der Waals surface area contributed by atoms with Crippen molar-refractivity contribution < 1.29 is 0 Å². The number of benzene rings is 4. The molecule has 7 saturated carbocycles. The maximum atomic E-state index is 2.68. The summed E-state index contributed by atoms with van der Waals surface area (Å²) in [7, 11) is 0. The molecule has 7 aliphatic carbocycles. The summed E-state index contributed by atoms with van der Waals surface area (Å²) in [5, 5.41) is 0. The van der Waals surface area contributed by atoms with Crippen LogP contribution in [0.5, 0.6) is 0 Å². The van der Waals surface area contributed by atoms with Crippen molar-refractivity contribution in [1.29, 1.82) is 0 Å². The van der Waals surface area contributed by atoms with Crippen LogP contribution in [0.15, 0.2) is 121 Å². The molecule has 0 saturated heterocycles. The molecule has 18 unspecified atom stereocenters. The Morgan fingerprint density at radius 3 is 0.880 bits per heavy atom. The smallest absolute Gasteiger partial charge is 0.0125 e. The fraction of sp³-hybridized carbons (Fsp3) is 0.520. The van der Waals surface area contributed by atoms with Crippen molar-refractivity contribution in [2.24, 2.45) is 82.9 Å². The molecule has 0 heterocycles. The fourth-order valence-corrected chi connectivity index (χ4v) is 16.5. The summed E-state index contributed by atoms with van der Waals surface area (Å²) in [5.41, 5.74) is 6.66. The Morgan fingerprint density at radius 1 is 0.280 bits per heavy atom. The van der Waals surface area contributed by atoms with E-state index in [1.807, 2.05) is 0 Å². The third-order valence-electron chi connectivity index (χ3n) is 17.4. The SMILES string of the molecule is CC1CC2C(c3ccccc3)CC3C4CC(c5ccccc5)C5C(C)CC6C(c7ccccc7)CC(C7CC(c8ccccc8)C1C2C37)C4C65.